The lowest BCUT2D eigenvalue weighted by Crippen LogP contribution is -2.60. The third kappa shape index (κ3) is 5.53. The van der Waals surface area contributed by atoms with Crippen LogP contribution in [-0.4, -0.2) is 73.0 Å². The number of nitrogen functional groups attached to an aromatic ring is 1. The maximum absolute atomic E-state index is 13.8. The Hall–Kier alpha value is -5.76. The van der Waals surface area contributed by atoms with Crippen molar-refractivity contribution < 1.29 is 28.7 Å². The molecule has 4 N–H and O–H groups in total. The van der Waals surface area contributed by atoms with Crippen molar-refractivity contribution in [1.29, 1.82) is 0 Å². The minimum Gasteiger partial charge on any atom is -0.475 e. The number of rotatable bonds is 8. The summed E-state index contributed by atoms with van der Waals surface area (Å²) >= 11 is 6.24. The largest absolute Gasteiger partial charge is 0.475 e. The molecule has 44 heavy (non-hydrogen) atoms. The first-order valence-electron chi connectivity index (χ1n) is 13.3. The van der Waals surface area contributed by atoms with E-state index in [9.17, 15) is 24.3 Å². The molecule has 3 amide bonds. The molecule has 1 saturated heterocycles. The smallest absolute Gasteiger partial charge is 0.371 e. The topological polar surface area (TPSA) is 190 Å². The molecule has 0 saturated carbocycles. The summed E-state index contributed by atoms with van der Waals surface area (Å²) < 4.78 is 6.64. The van der Waals surface area contributed by atoms with Gasteiger partial charge in [-0.2, -0.15) is 4.68 Å². The average Bonchev–Trinajstić information content (AvgIpc) is 3.69. The van der Waals surface area contributed by atoms with Crippen molar-refractivity contribution in [3.63, 3.8) is 0 Å². The SMILES string of the molecule is Nc1ccc(CC(C(=O)Nc2ccc3oc(C(=O)O)cc3c2)N2CCN(c3cc(Cl)ccc3-n3cnnn3)C(=O)C2=O)cc1. The molecule has 222 valence electrons. The Balaban J connectivity index is 1.29. The van der Waals surface area contributed by atoms with E-state index in [0.717, 1.165) is 0 Å². The summed E-state index contributed by atoms with van der Waals surface area (Å²) in [5.74, 6) is -3.75. The standard InChI is InChI=1S/C29H23ClN8O6/c30-18-3-7-21(38-15-32-34-35-38)22(14-18)36-9-10-37(28(41)27(36)40)23(11-16-1-4-19(31)5-2-16)26(39)33-20-6-8-24-17(12-20)13-25(44-24)29(42)43/h1-8,12-15,23H,9-11,31H2,(H,33,39)(H,42,43). The number of anilines is 3. The predicted molar refractivity (Wildman–Crippen MR) is 158 cm³/mol. The number of halogens is 1. The molecule has 3 aromatic carbocycles. The molecule has 0 bridgehead atoms. The molecule has 0 radical (unpaired) electrons. The predicted octanol–water partition coefficient (Wildman–Crippen LogP) is 2.77. The van der Waals surface area contributed by atoms with Crippen molar-refractivity contribution in [3.8, 4) is 5.69 Å². The van der Waals surface area contributed by atoms with Crippen LogP contribution in [0.4, 0.5) is 17.1 Å². The molecule has 1 atom stereocenters. The zero-order valence-corrected chi connectivity index (χ0v) is 23.5. The summed E-state index contributed by atoms with van der Waals surface area (Å²) in [6.45, 7) is 0.0897. The van der Waals surface area contributed by atoms with Crippen LogP contribution in [0.25, 0.3) is 16.7 Å². The van der Waals surface area contributed by atoms with Gasteiger partial charge >= 0.3 is 17.8 Å². The van der Waals surface area contributed by atoms with Gasteiger partial charge in [0, 0.05) is 41.3 Å². The van der Waals surface area contributed by atoms with Crippen LogP contribution in [0, 0.1) is 0 Å². The molecule has 5 aromatic rings. The minimum absolute atomic E-state index is 0.0297. The van der Waals surface area contributed by atoms with Crippen LogP contribution < -0.4 is 16.0 Å². The Morgan fingerprint density at radius 1 is 1.00 bits per heavy atom. The van der Waals surface area contributed by atoms with Gasteiger partial charge in [-0.1, -0.05) is 23.7 Å². The highest BCUT2D eigenvalue weighted by atomic mass is 35.5. The van der Waals surface area contributed by atoms with Crippen molar-refractivity contribution in [1.82, 2.24) is 25.1 Å². The number of nitrogens with one attached hydrogen (secondary N) is 1. The molecule has 0 spiro atoms. The number of hydrogen-bond donors (Lipinski definition) is 3. The molecule has 1 unspecified atom stereocenters. The minimum atomic E-state index is -1.22. The average molecular weight is 615 g/mol. The van der Waals surface area contributed by atoms with Crippen molar-refractivity contribution in [2.75, 3.05) is 29.0 Å². The van der Waals surface area contributed by atoms with Gasteiger partial charge < -0.3 is 30.4 Å². The molecule has 3 heterocycles. The van der Waals surface area contributed by atoms with E-state index < -0.39 is 29.7 Å². The summed E-state index contributed by atoms with van der Waals surface area (Å²) in [5.41, 5.74) is 8.53. The number of carbonyl (C=O) groups is 4. The fraction of sp³-hybridized carbons (Fsp3) is 0.138. The number of tetrazole rings is 1. The number of hydrogen-bond acceptors (Lipinski definition) is 9. The fourth-order valence-corrected chi connectivity index (χ4v) is 5.19. The Morgan fingerprint density at radius 3 is 2.52 bits per heavy atom. The van der Waals surface area contributed by atoms with Gasteiger partial charge in [0.05, 0.1) is 11.4 Å². The van der Waals surface area contributed by atoms with E-state index in [1.807, 2.05) is 0 Å². The van der Waals surface area contributed by atoms with E-state index >= 15 is 0 Å². The van der Waals surface area contributed by atoms with Gasteiger partial charge in [0.15, 0.2) is 0 Å². The zero-order valence-electron chi connectivity index (χ0n) is 22.8. The molecule has 1 aliphatic heterocycles. The molecule has 15 heteroatoms. The summed E-state index contributed by atoms with van der Waals surface area (Å²) in [6, 6.07) is 16.6. The quantitative estimate of drug-likeness (QED) is 0.173. The van der Waals surface area contributed by atoms with Gasteiger partial charge in [0.25, 0.3) is 0 Å². The molecule has 2 aromatic heterocycles. The number of nitrogens with zero attached hydrogens (tertiary/aromatic N) is 6. The lowest BCUT2D eigenvalue weighted by Gasteiger charge is -2.38. The Labute approximate surface area is 253 Å². The molecule has 1 aliphatic rings. The Morgan fingerprint density at radius 2 is 1.80 bits per heavy atom. The molecular weight excluding hydrogens is 592 g/mol. The van der Waals surface area contributed by atoms with Crippen LogP contribution in [0.15, 0.2) is 77.5 Å². The van der Waals surface area contributed by atoms with E-state index in [1.165, 1.54) is 32.9 Å². The number of fused-ring (bicyclic) bond motifs is 1. The second-order valence-electron chi connectivity index (χ2n) is 9.96. The van der Waals surface area contributed by atoms with Gasteiger partial charge in [-0.15, -0.1) is 5.10 Å². The fourth-order valence-electron chi connectivity index (χ4n) is 5.03. The number of piperazine rings is 1. The summed E-state index contributed by atoms with van der Waals surface area (Å²) in [4.78, 5) is 54.8. The van der Waals surface area contributed by atoms with Gasteiger partial charge in [-0.3, -0.25) is 14.4 Å². The van der Waals surface area contributed by atoms with Crippen molar-refractivity contribution in [2.45, 2.75) is 12.5 Å². The number of furan rings is 1. The van der Waals surface area contributed by atoms with Crippen LogP contribution in [0.3, 0.4) is 0 Å². The highest BCUT2D eigenvalue weighted by molar-refractivity contribution is 6.41. The van der Waals surface area contributed by atoms with E-state index in [0.29, 0.717) is 44.3 Å². The number of aromatic carboxylic acids is 1. The number of benzene rings is 3. The zero-order chi connectivity index (χ0) is 31.0. The maximum Gasteiger partial charge on any atom is 0.371 e. The van der Waals surface area contributed by atoms with Crippen LogP contribution >= 0.6 is 11.6 Å². The summed E-state index contributed by atoms with van der Waals surface area (Å²) in [7, 11) is 0. The molecule has 0 aliphatic carbocycles. The van der Waals surface area contributed by atoms with Crippen LogP contribution in [0.5, 0.6) is 0 Å². The molecule has 6 rings (SSSR count). The van der Waals surface area contributed by atoms with Crippen LogP contribution in [0.1, 0.15) is 16.1 Å². The number of carboxylic acids is 1. The molecule has 14 nitrogen and oxygen atoms in total. The lowest BCUT2D eigenvalue weighted by atomic mass is 10.0. The van der Waals surface area contributed by atoms with E-state index in [2.05, 4.69) is 20.8 Å². The summed E-state index contributed by atoms with van der Waals surface area (Å²) in [5, 5.41) is 24.0. The number of carbonyl (C=O) groups excluding carboxylic acids is 3. The van der Waals surface area contributed by atoms with E-state index in [4.69, 9.17) is 21.8 Å². The number of aromatic nitrogens is 4. The second kappa shape index (κ2) is 11.5. The van der Waals surface area contributed by atoms with Crippen molar-refractivity contribution >= 4 is 63.3 Å². The summed E-state index contributed by atoms with van der Waals surface area (Å²) in [6.07, 6.45) is 1.45. The first-order chi connectivity index (χ1) is 21.2. The molecular formula is C29H23ClN8O6. The first kappa shape index (κ1) is 28.4. The second-order valence-corrected chi connectivity index (χ2v) is 10.4. The lowest BCUT2D eigenvalue weighted by molar-refractivity contribution is -0.149. The Bertz CT molecular complexity index is 1910. The Kier molecular flexibility index (Phi) is 7.41. The highest BCUT2D eigenvalue weighted by Crippen LogP contribution is 2.30. The number of nitrogens with two attached hydrogens (primary N) is 1. The van der Waals surface area contributed by atoms with Gasteiger partial charge in [0.2, 0.25) is 11.7 Å². The third-order valence-corrected chi connectivity index (χ3v) is 7.39. The maximum atomic E-state index is 13.8. The highest BCUT2D eigenvalue weighted by Gasteiger charge is 2.40. The van der Waals surface area contributed by atoms with Crippen molar-refractivity contribution in [3.05, 3.63) is 89.4 Å². The number of amides is 3. The van der Waals surface area contributed by atoms with Crippen molar-refractivity contribution in [2.24, 2.45) is 0 Å². The first-order valence-corrected chi connectivity index (χ1v) is 13.6. The van der Waals surface area contributed by atoms with Gasteiger partial charge in [0.1, 0.15) is 18.0 Å². The number of carboxylic acid groups (broad SMARTS) is 1. The van der Waals surface area contributed by atoms with Crippen LogP contribution in [-0.2, 0) is 20.8 Å². The van der Waals surface area contributed by atoms with E-state index in [-0.39, 0.29) is 25.3 Å². The van der Waals surface area contributed by atoms with E-state index in [1.54, 1.807) is 54.6 Å². The molecule has 1 fully saturated rings. The van der Waals surface area contributed by atoms with Gasteiger partial charge in [-0.05, 0) is 70.6 Å². The monoisotopic (exact) mass is 614 g/mol. The normalized spacial score (nSPS) is 14.2. The van der Waals surface area contributed by atoms with Gasteiger partial charge in [-0.25, -0.2) is 4.79 Å². The third-order valence-electron chi connectivity index (χ3n) is 7.16. The van der Waals surface area contributed by atoms with Crippen LogP contribution in [0.2, 0.25) is 5.02 Å².